The van der Waals surface area contributed by atoms with Crippen molar-refractivity contribution in [3.05, 3.63) is 29.1 Å². The molecule has 3 nitrogen and oxygen atoms in total. The van der Waals surface area contributed by atoms with E-state index in [9.17, 15) is 13.2 Å². The van der Waals surface area contributed by atoms with Crippen LogP contribution in [0.1, 0.15) is 43.1 Å². The van der Waals surface area contributed by atoms with Gasteiger partial charge in [0.2, 0.25) is 0 Å². The van der Waals surface area contributed by atoms with Crippen molar-refractivity contribution in [2.45, 2.75) is 44.9 Å². The molecule has 1 N–H and O–H groups in total. The summed E-state index contributed by atoms with van der Waals surface area (Å²) in [6.45, 7) is 5.29. The minimum absolute atomic E-state index is 0.111. The van der Waals surface area contributed by atoms with Crippen molar-refractivity contribution in [2.75, 3.05) is 13.2 Å². The maximum Gasteiger partial charge on any atom is 0.418 e. The quantitative estimate of drug-likeness (QED) is 0.924. The first-order valence-corrected chi connectivity index (χ1v) is 6.76. The first-order valence-electron chi connectivity index (χ1n) is 6.76. The highest BCUT2D eigenvalue weighted by atomic mass is 19.4. The van der Waals surface area contributed by atoms with Gasteiger partial charge in [0.15, 0.2) is 0 Å². The molecule has 1 aliphatic heterocycles. The molecule has 2 rings (SSSR count). The van der Waals surface area contributed by atoms with Crippen LogP contribution < -0.4 is 5.32 Å². The smallest absolute Gasteiger partial charge is 0.380 e. The molecule has 20 heavy (non-hydrogen) atoms. The van der Waals surface area contributed by atoms with E-state index >= 15 is 0 Å². The Morgan fingerprint density at radius 3 is 2.70 bits per heavy atom. The predicted octanol–water partition coefficient (Wildman–Crippen LogP) is 3.10. The van der Waals surface area contributed by atoms with Gasteiger partial charge in [0.1, 0.15) is 0 Å². The van der Waals surface area contributed by atoms with E-state index in [2.05, 4.69) is 10.3 Å². The summed E-state index contributed by atoms with van der Waals surface area (Å²) in [5, 5.41) is 3.25. The zero-order valence-electron chi connectivity index (χ0n) is 11.6. The first kappa shape index (κ1) is 15.3. The fourth-order valence-electron chi connectivity index (χ4n) is 2.24. The third-order valence-corrected chi connectivity index (χ3v) is 3.34. The Kier molecular flexibility index (Phi) is 4.65. The highest BCUT2D eigenvalue weighted by Gasteiger charge is 2.34. The molecule has 0 amide bonds. The van der Waals surface area contributed by atoms with E-state index in [1.807, 2.05) is 0 Å². The molecule has 6 heteroatoms. The van der Waals surface area contributed by atoms with Crippen molar-refractivity contribution in [1.82, 2.24) is 10.3 Å². The molecule has 0 unspecified atom stereocenters. The number of alkyl halides is 3. The molecule has 1 atom stereocenters. The lowest BCUT2D eigenvalue weighted by atomic mass is 10.0. The second-order valence-electron chi connectivity index (χ2n) is 5.33. The van der Waals surface area contributed by atoms with Crippen LogP contribution in [0.4, 0.5) is 13.2 Å². The number of nitrogens with zero attached hydrogens (tertiary/aromatic N) is 1. The summed E-state index contributed by atoms with van der Waals surface area (Å²) < 4.78 is 43.9. The summed E-state index contributed by atoms with van der Waals surface area (Å²) in [6.07, 6.45) is -3.42. The lowest BCUT2D eigenvalue weighted by Gasteiger charge is -2.17. The second kappa shape index (κ2) is 6.10. The summed E-state index contributed by atoms with van der Waals surface area (Å²) in [7, 11) is 0. The number of pyridine rings is 1. The third kappa shape index (κ3) is 3.70. The number of aromatic nitrogens is 1. The monoisotopic (exact) mass is 288 g/mol. The van der Waals surface area contributed by atoms with E-state index in [1.54, 1.807) is 13.8 Å². The Labute approximate surface area is 116 Å². The number of hydrogen-bond acceptors (Lipinski definition) is 3. The molecule has 0 aromatic carbocycles. The van der Waals surface area contributed by atoms with E-state index in [0.717, 1.165) is 19.1 Å². The number of ether oxygens (including phenoxy) is 1. The van der Waals surface area contributed by atoms with E-state index in [-0.39, 0.29) is 17.7 Å². The van der Waals surface area contributed by atoms with Crippen LogP contribution in [-0.4, -0.2) is 24.2 Å². The van der Waals surface area contributed by atoms with Gasteiger partial charge >= 0.3 is 6.18 Å². The number of rotatable bonds is 4. The van der Waals surface area contributed by atoms with Crippen LogP contribution in [0.25, 0.3) is 0 Å². The van der Waals surface area contributed by atoms with Gasteiger partial charge in [-0.2, -0.15) is 13.2 Å². The first-order chi connectivity index (χ1) is 9.38. The van der Waals surface area contributed by atoms with E-state index in [1.165, 1.54) is 6.07 Å². The third-order valence-electron chi connectivity index (χ3n) is 3.34. The van der Waals surface area contributed by atoms with Gasteiger partial charge in [-0.25, -0.2) is 0 Å². The van der Waals surface area contributed by atoms with Crippen LogP contribution in [0.2, 0.25) is 0 Å². The minimum Gasteiger partial charge on any atom is -0.380 e. The van der Waals surface area contributed by atoms with Crippen molar-refractivity contribution >= 4 is 0 Å². The Hall–Kier alpha value is -1.14. The highest BCUT2D eigenvalue weighted by Crippen LogP contribution is 2.34. The Morgan fingerprint density at radius 2 is 2.15 bits per heavy atom. The fourth-order valence-corrected chi connectivity index (χ4v) is 2.24. The van der Waals surface area contributed by atoms with Gasteiger partial charge in [-0.15, -0.1) is 0 Å². The summed E-state index contributed by atoms with van der Waals surface area (Å²) in [5.74, 6) is -0.263. The normalized spacial score (nSPS) is 19.8. The largest absolute Gasteiger partial charge is 0.418 e. The lowest BCUT2D eigenvalue weighted by molar-refractivity contribution is -0.138. The molecule has 1 fully saturated rings. The predicted molar refractivity (Wildman–Crippen MR) is 69.4 cm³/mol. The molecule has 1 aromatic rings. The summed E-state index contributed by atoms with van der Waals surface area (Å²) >= 11 is 0. The molecule has 2 heterocycles. The fraction of sp³-hybridized carbons (Fsp3) is 0.643. The molecule has 0 spiro atoms. The van der Waals surface area contributed by atoms with E-state index < -0.39 is 11.7 Å². The second-order valence-corrected chi connectivity index (χ2v) is 5.33. The molecular formula is C14H19F3N2O. The standard InChI is InChI=1S/C14H19F3N2O/c1-9(2)13-12(14(15,16)17)4-3-10(19-13)7-18-11-5-6-20-8-11/h3-4,9,11,18H,5-8H2,1-2H3/t11-/m1/s1. The maximum atomic E-state index is 12.9. The highest BCUT2D eigenvalue weighted by molar-refractivity contribution is 5.28. The zero-order chi connectivity index (χ0) is 14.8. The van der Waals surface area contributed by atoms with Crippen LogP contribution in [0.3, 0.4) is 0 Å². The average Bonchev–Trinajstić information content (AvgIpc) is 2.88. The van der Waals surface area contributed by atoms with Crippen LogP contribution in [0, 0.1) is 0 Å². The van der Waals surface area contributed by atoms with Gasteiger partial charge in [-0.05, 0) is 24.5 Å². The minimum atomic E-state index is -4.35. The Balaban J connectivity index is 2.12. The lowest BCUT2D eigenvalue weighted by Crippen LogP contribution is -2.29. The average molecular weight is 288 g/mol. The van der Waals surface area contributed by atoms with Crippen molar-refractivity contribution < 1.29 is 17.9 Å². The molecule has 0 radical (unpaired) electrons. The molecule has 1 aliphatic rings. The van der Waals surface area contributed by atoms with Crippen molar-refractivity contribution in [3.63, 3.8) is 0 Å². The molecule has 1 aromatic heterocycles. The van der Waals surface area contributed by atoms with Gasteiger partial charge in [0.05, 0.1) is 23.6 Å². The summed E-state index contributed by atoms with van der Waals surface area (Å²) in [5.41, 5.74) is 0.105. The van der Waals surface area contributed by atoms with Gasteiger partial charge in [0.25, 0.3) is 0 Å². The van der Waals surface area contributed by atoms with Gasteiger partial charge in [-0.1, -0.05) is 13.8 Å². The van der Waals surface area contributed by atoms with Crippen LogP contribution >= 0.6 is 0 Å². The molecule has 112 valence electrons. The summed E-state index contributed by atoms with van der Waals surface area (Å²) in [6, 6.07) is 2.84. The van der Waals surface area contributed by atoms with Gasteiger partial charge in [-0.3, -0.25) is 4.98 Å². The SMILES string of the molecule is CC(C)c1nc(CN[C@@H]2CCOC2)ccc1C(F)(F)F. The van der Waals surface area contributed by atoms with Gasteiger partial charge < -0.3 is 10.1 Å². The van der Waals surface area contributed by atoms with E-state index in [0.29, 0.717) is 18.8 Å². The maximum absolute atomic E-state index is 12.9. The topological polar surface area (TPSA) is 34.2 Å². The Morgan fingerprint density at radius 1 is 1.40 bits per heavy atom. The van der Waals surface area contributed by atoms with Crippen molar-refractivity contribution in [1.29, 1.82) is 0 Å². The summed E-state index contributed by atoms with van der Waals surface area (Å²) in [4.78, 5) is 4.18. The van der Waals surface area contributed by atoms with Crippen LogP contribution in [-0.2, 0) is 17.5 Å². The van der Waals surface area contributed by atoms with Gasteiger partial charge in [0, 0.05) is 19.2 Å². The van der Waals surface area contributed by atoms with Crippen molar-refractivity contribution in [2.24, 2.45) is 0 Å². The Bertz CT molecular complexity index is 454. The molecule has 0 bridgehead atoms. The molecular weight excluding hydrogens is 269 g/mol. The van der Waals surface area contributed by atoms with Crippen LogP contribution in [0.5, 0.6) is 0 Å². The number of nitrogens with one attached hydrogen (secondary N) is 1. The number of halogens is 3. The van der Waals surface area contributed by atoms with Crippen molar-refractivity contribution in [3.8, 4) is 0 Å². The number of hydrogen-bond donors (Lipinski definition) is 1. The van der Waals surface area contributed by atoms with E-state index in [4.69, 9.17) is 4.74 Å². The molecule has 0 aliphatic carbocycles. The molecule has 1 saturated heterocycles. The zero-order valence-corrected chi connectivity index (χ0v) is 11.6. The van der Waals surface area contributed by atoms with Crippen LogP contribution in [0.15, 0.2) is 12.1 Å². The molecule has 0 saturated carbocycles.